The molecular weight excluding hydrogens is 424 g/mol. The Morgan fingerprint density at radius 3 is 2.52 bits per heavy atom. The van der Waals surface area contributed by atoms with Crippen LogP contribution in [0.5, 0.6) is 0 Å². The summed E-state index contributed by atoms with van der Waals surface area (Å²) in [4.78, 5) is 25.7. The van der Waals surface area contributed by atoms with Crippen molar-refractivity contribution in [2.45, 2.75) is 11.4 Å². The van der Waals surface area contributed by atoms with Crippen LogP contribution in [0.4, 0.5) is 11.4 Å². The number of benzene rings is 2. The number of hydrogen-bond acceptors (Lipinski definition) is 7. The van der Waals surface area contributed by atoms with Crippen LogP contribution in [-0.4, -0.2) is 64.0 Å². The molecule has 1 fully saturated rings. The summed E-state index contributed by atoms with van der Waals surface area (Å²) in [6, 6.07) is 10.5. The van der Waals surface area contributed by atoms with Gasteiger partial charge in [0.25, 0.3) is 11.6 Å². The maximum absolute atomic E-state index is 13.0. The average Bonchev–Trinajstić information content (AvgIpc) is 2.77. The Bertz CT molecular complexity index is 1080. The standard InChI is InChI=1S/C20H24N4O6S/c1-22(2)31(28,29)19-6-4-3-5-15(19)14-21-20(25)17-13-16(24(26)27)7-8-18(17)23-9-11-30-12-10-23/h3-8,13H,9-12,14H2,1-2H3,(H,21,25). The number of hydrogen-bond donors (Lipinski definition) is 1. The molecule has 0 aromatic heterocycles. The van der Waals surface area contributed by atoms with Crippen LogP contribution in [0.15, 0.2) is 47.4 Å². The smallest absolute Gasteiger partial charge is 0.270 e. The van der Waals surface area contributed by atoms with E-state index in [0.29, 0.717) is 37.6 Å². The topological polar surface area (TPSA) is 122 Å². The molecule has 2 aromatic carbocycles. The van der Waals surface area contributed by atoms with Crippen molar-refractivity contribution in [3.05, 3.63) is 63.7 Å². The molecule has 1 heterocycles. The molecule has 1 aliphatic heterocycles. The number of anilines is 1. The summed E-state index contributed by atoms with van der Waals surface area (Å²) in [7, 11) is -0.827. The molecule has 0 atom stereocenters. The van der Waals surface area contributed by atoms with E-state index in [0.717, 1.165) is 4.31 Å². The van der Waals surface area contributed by atoms with Gasteiger partial charge in [-0.05, 0) is 17.7 Å². The van der Waals surface area contributed by atoms with Crippen molar-refractivity contribution in [1.29, 1.82) is 0 Å². The highest BCUT2D eigenvalue weighted by molar-refractivity contribution is 7.89. The van der Waals surface area contributed by atoms with Gasteiger partial charge in [-0.3, -0.25) is 14.9 Å². The first-order chi connectivity index (χ1) is 14.7. The number of nitro benzene ring substituents is 1. The number of sulfonamides is 1. The largest absolute Gasteiger partial charge is 0.378 e. The molecule has 0 radical (unpaired) electrons. The minimum atomic E-state index is -3.69. The van der Waals surface area contributed by atoms with Gasteiger partial charge in [-0.15, -0.1) is 0 Å². The number of amides is 1. The Hall–Kier alpha value is -3.02. The lowest BCUT2D eigenvalue weighted by atomic mass is 10.1. The highest BCUT2D eigenvalue weighted by Gasteiger charge is 2.24. The number of nitro groups is 1. The number of carbonyl (C=O) groups excluding carboxylic acids is 1. The van der Waals surface area contributed by atoms with Gasteiger partial charge < -0.3 is 15.0 Å². The van der Waals surface area contributed by atoms with E-state index in [9.17, 15) is 23.3 Å². The van der Waals surface area contributed by atoms with Crippen LogP contribution in [0.3, 0.4) is 0 Å². The van der Waals surface area contributed by atoms with E-state index in [-0.39, 0.29) is 22.7 Å². The van der Waals surface area contributed by atoms with Gasteiger partial charge in [0.05, 0.1) is 34.3 Å². The average molecular weight is 449 g/mol. The Labute approximate surface area is 180 Å². The highest BCUT2D eigenvalue weighted by Crippen LogP contribution is 2.27. The Morgan fingerprint density at radius 2 is 1.87 bits per heavy atom. The molecule has 0 unspecified atom stereocenters. The summed E-state index contributed by atoms with van der Waals surface area (Å²) in [5.41, 5.74) is 0.949. The number of nitrogens with one attached hydrogen (secondary N) is 1. The van der Waals surface area contributed by atoms with E-state index >= 15 is 0 Å². The molecule has 1 aliphatic rings. The molecule has 0 spiro atoms. The van der Waals surface area contributed by atoms with Gasteiger partial charge in [-0.1, -0.05) is 18.2 Å². The van der Waals surface area contributed by atoms with Crippen molar-refractivity contribution in [1.82, 2.24) is 9.62 Å². The molecule has 1 amide bonds. The second-order valence-corrected chi connectivity index (χ2v) is 9.26. The van der Waals surface area contributed by atoms with E-state index in [1.54, 1.807) is 24.3 Å². The molecular formula is C20H24N4O6S. The third-order valence-electron chi connectivity index (χ3n) is 4.96. The lowest BCUT2D eigenvalue weighted by Gasteiger charge is -2.30. The fraction of sp³-hybridized carbons (Fsp3) is 0.350. The lowest BCUT2D eigenvalue weighted by Crippen LogP contribution is -2.38. The molecule has 166 valence electrons. The van der Waals surface area contributed by atoms with Crippen LogP contribution in [0.2, 0.25) is 0 Å². The second-order valence-electron chi connectivity index (χ2n) is 7.14. The second kappa shape index (κ2) is 9.41. The molecule has 31 heavy (non-hydrogen) atoms. The van der Waals surface area contributed by atoms with Gasteiger partial charge in [0.15, 0.2) is 0 Å². The first kappa shape index (κ1) is 22.7. The SMILES string of the molecule is CN(C)S(=O)(=O)c1ccccc1CNC(=O)c1cc([N+](=O)[O-])ccc1N1CCOCC1. The Balaban J connectivity index is 1.89. The quantitative estimate of drug-likeness (QED) is 0.504. The summed E-state index contributed by atoms with van der Waals surface area (Å²) in [6.07, 6.45) is 0. The zero-order valence-electron chi connectivity index (χ0n) is 17.3. The van der Waals surface area contributed by atoms with Gasteiger partial charge >= 0.3 is 0 Å². The zero-order valence-corrected chi connectivity index (χ0v) is 18.1. The predicted octanol–water partition coefficient (Wildman–Crippen LogP) is 1.61. The van der Waals surface area contributed by atoms with E-state index in [2.05, 4.69) is 5.32 Å². The Kier molecular flexibility index (Phi) is 6.88. The van der Waals surface area contributed by atoms with Crippen molar-refractivity contribution < 1.29 is 22.9 Å². The molecule has 11 heteroatoms. The molecule has 2 aromatic rings. The van der Waals surface area contributed by atoms with Crippen molar-refractivity contribution in [3.8, 4) is 0 Å². The van der Waals surface area contributed by atoms with Crippen LogP contribution < -0.4 is 10.2 Å². The molecule has 0 saturated carbocycles. The minimum absolute atomic E-state index is 0.0483. The number of rotatable bonds is 7. The molecule has 0 aliphatic carbocycles. The number of nitrogens with zero attached hydrogens (tertiary/aromatic N) is 3. The predicted molar refractivity (Wildman–Crippen MR) is 115 cm³/mol. The van der Waals surface area contributed by atoms with Gasteiger partial charge in [0, 0.05) is 45.9 Å². The third-order valence-corrected chi connectivity index (χ3v) is 6.87. The van der Waals surface area contributed by atoms with Crippen molar-refractivity contribution >= 4 is 27.3 Å². The van der Waals surface area contributed by atoms with Gasteiger partial charge in [-0.2, -0.15) is 0 Å². The zero-order chi connectivity index (χ0) is 22.6. The van der Waals surface area contributed by atoms with Crippen LogP contribution in [-0.2, 0) is 21.3 Å². The number of morpholine rings is 1. The Morgan fingerprint density at radius 1 is 1.19 bits per heavy atom. The molecule has 0 bridgehead atoms. The first-order valence-corrected chi connectivity index (χ1v) is 11.1. The van der Waals surface area contributed by atoms with E-state index < -0.39 is 20.9 Å². The fourth-order valence-electron chi connectivity index (χ4n) is 3.27. The van der Waals surface area contributed by atoms with E-state index in [1.807, 2.05) is 4.90 Å². The molecule has 1 saturated heterocycles. The first-order valence-electron chi connectivity index (χ1n) is 9.61. The van der Waals surface area contributed by atoms with Crippen molar-refractivity contribution in [3.63, 3.8) is 0 Å². The van der Waals surface area contributed by atoms with Crippen molar-refractivity contribution in [2.24, 2.45) is 0 Å². The third kappa shape index (κ3) is 5.01. The number of ether oxygens (including phenoxy) is 1. The van der Waals surface area contributed by atoms with E-state index in [1.165, 1.54) is 32.3 Å². The van der Waals surface area contributed by atoms with Gasteiger partial charge in [0.1, 0.15) is 0 Å². The van der Waals surface area contributed by atoms with Gasteiger partial charge in [-0.25, -0.2) is 12.7 Å². The fourth-order valence-corrected chi connectivity index (χ4v) is 4.38. The highest BCUT2D eigenvalue weighted by atomic mass is 32.2. The monoisotopic (exact) mass is 448 g/mol. The summed E-state index contributed by atoms with van der Waals surface area (Å²) in [6.45, 7) is 2.05. The van der Waals surface area contributed by atoms with Crippen LogP contribution >= 0.6 is 0 Å². The van der Waals surface area contributed by atoms with E-state index in [4.69, 9.17) is 4.74 Å². The normalized spacial score (nSPS) is 14.5. The van der Waals surface area contributed by atoms with Gasteiger partial charge in [0.2, 0.25) is 10.0 Å². The number of carbonyl (C=O) groups is 1. The maximum Gasteiger partial charge on any atom is 0.270 e. The van der Waals surface area contributed by atoms with Crippen molar-refractivity contribution in [2.75, 3.05) is 45.3 Å². The number of non-ortho nitro benzene ring substituents is 1. The maximum atomic E-state index is 13.0. The van der Waals surface area contributed by atoms with Crippen LogP contribution in [0.25, 0.3) is 0 Å². The summed E-state index contributed by atoms with van der Waals surface area (Å²) >= 11 is 0. The van der Waals surface area contributed by atoms with Crippen LogP contribution in [0, 0.1) is 10.1 Å². The lowest BCUT2D eigenvalue weighted by molar-refractivity contribution is -0.384. The molecule has 3 rings (SSSR count). The molecule has 1 N–H and O–H groups in total. The van der Waals surface area contributed by atoms with Crippen LogP contribution in [0.1, 0.15) is 15.9 Å². The molecule has 10 nitrogen and oxygen atoms in total. The minimum Gasteiger partial charge on any atom is -0.378 e. The summed E-state index contributed by atoms with van der Waals surface area (Å²) in [5, 5.41) is 13.9. The summed E-state index contributed by atoms with van der Waals surface area (Å²) < 4.78 is 31.6. The summed E-state index contributed by atoms with van der Waals surface area (Å²) in [5.74, 6) is -0.526.